The Labute approximate surface area is 272 Å². The van der Waals surface area contributed by atoms with E-state index in [-0.39, 0.29) is 0 Å². The molecule has 0 unspecified atom stereocenters. The van der Waals surface area contributed by atoms with Crippen molar-refractivity contribution in [3.05, 3.63) is 0 Å². The minimum Gasteiger partial charge on any atom is -0.394 e. The Morgan fingerprint density at radius 1 is 0.625 bits per heavy atom. The fraction of sp³-hybridized carbons (Fsp3) is 0.962. The number of hydrogen-bond acceptors (Lipinski definition) is 21. The van der Waals surface area contributed by atoms with Crippen LogP contribution in [0.2, 0.25) is 0 Å². The lowest BCUT2D eigenvalue weighted by atomic mass is 9.97. The molecule has 0 bridgehead atoms. The third kappa shape index (κ3) is 9.51. The second-order valence-corrected chi connectivity index (χ2v) is 11.7. The van der Waals surface area contributed by atoms with Crippen LogP contribution in [0.25, 0.3) is 0 Å². The van der Waals surface area contributed by atoms with E-state index in [1.807, 2.05) is 0 Å². The van der Waals surface area contributed by atoms with E-state index in [4.69, 9.17) is 28.4 Å². The molecule has 3 fully saturated rings. The third-order valence-corrected chi connectivity index (χ3v) is 8.23. The Morgan fingerprint density at radius 3 is 1.46 bits per heavy atom. The maximum Gasteiger partial charge on any atom is 0.217 e. The van der Waals surface area contributed by atoms with Crippen molar-refractivity contribution in [2.45, 2.75) is 123 Å². The fourth-order valence-corrected chi connectivity index (χ4v) is 5.33. The van der Waals surface area contributed by atoms with Crippen LogP contribution in [0.1, 0.15) is 6.92 Å². The zero-order chi connectivity index (χ0) is 36.0. The summed E-state index contributed by atoms with van der Waals surface area (Å²) in [4.78, 5) is 11.5. The molecule has 0 spiro atoms. The lowest BCUT2D eigenvalue weighted by molar-refractivity contribution is -0.349. The van der Waals surface area contributed by atoms with Gasteiger partial charge in [0.25, 0.3) is 0 Å². The molecule has 22 heteroatoms. The highest BCUT2D eigenvalue weighted by molar-refractivity contribution is 5.73. The van der Waals surface area contributed by atoms with Gasteiger partial charge in [0.1, 0.15) is 91.6 Å². The van der Waals surface area contributed by atoms with E-state index in [0.717, 1.165) is 6.92 Å². The molecule has 48 heavy (non-hydrogen) atoms. The molecule has 3 saturated heterocycles. The minimum atomic E-state index is -2.03. The summed E-state index contributed by atoms with van der Waals surface area (Å²) in [5.41, 5.74) is 0. The van der Waals surface area contributed by atoms with Crippen LogP contribution in [0.3, 0.4) is 0 Å². The minimum absolute atomic E-state index is 0.666. The van der Waals surface area contributed by atoms with Gasteiger partial charge in [0.15, 0.2) is 18.9 Å². The van der Waals surface area contributed by atoms with E-state index in [1.54, 1.807) is 0 Å². The molecule has 19 atom stereocenters. The van der Waals surface area contributed by atoms with Gasteiger partial charge in [-0.3, -0.25) is 4.79 Å². The van der Waals surface area contributed by atoms with Gasteiger partial charge in [-0.1, -0.05) is 0 Å². The Balaban J connectivity index is 1.67. The molecule has 3 aliphatic rings. The first-order valence-corrected chi connectivity index (χ1v) is 15.0. The second kappa shape index (κ2) is 18.2. The molecule has 15 N–H and O–H groups in total. The molecule has 0 aromatic carbocycles. The van der Waals surface area contributed by atoms with Gasteiger partial charge in [-0.2, -0.15) is 0 Å². The summed E-state index contributed by atoms with van der Waals surface area (Å²) >= 11 is 0. The van der Waals surface area contributed by atoms with Crippen LogP contribution in [0, 0.1) is 0 Å². The van der Waals surface area contributed by atoms with Crippen LogP contribution in [0.15, 0.2) is 0 Å². The summed E-state index contributed by atoms with van der Waals surface area (Å²) in [5.74, 6) is -0.678. The van der Waals surface area contributed by atoms with Crippen molar-refractivity contribution in [2.24, 2.45) is 0 Å². The molecule has 3 rings (SSSR count). The average molecular weight is 710 g/mol. The number of nitrogens with one attached hydrogen (secondary N) is 1. The molecule has 0 aliphatic carbocycles. The van der Waals surface area contributed by atoms with Crippen LogP contribution >= 0.6 is 0 Å². The van der Waals surface area contributed by atoms with Crippen LogP contribution in [-0.4, -0.2) is 227 Å². The normalized spacial score (nSPS) is 43.3. The predicted octanol–water partition coefficient (Wildman–Crippen LogP) is -9.97. The molecule has 3 heterocycles. The van der Waals surface area contributed by atoms with Crippen LogP contribution in [-0.2, 0) is 33.2 Å². The van der Waals surface area contributed by atoms with Crippen molar-refractivity contribution in [3.63, 3.8) is 0 Å². The van der Waals surface area contributed by atoms with E-state index in [9.17, 15) is 76.3 Å². The highest BCUT2D eigenvalue weighted by Gasteiger charge is 2.50. The van der Waals surface area contributed by atoms with Gasteiger partial charge in [-0.25, -0.2) is 0 Å². The number of rotatable bonds is 15. The van der Waals surface area contributed by atoms with Gasteiger partial charge in [-0.15, -0.1) is 0 Å². The molecule has 0 aromatic heterocycles. The van der Waals surface area contributed by atoms with Crippen molar-refractivity contribution in [2.75, 3.05) is 33.0 Å². The van der Waals surface area contributed by atoms with Crippen molar-refractivity contribution in [1.29, 1.82) is 0 Å². The van der Waals surface area contributed by atoms with E-state index in [1.165, 1.54) is 0 Å². The van der Waals surface area contributed by atoms with Gasteiger partial charge < -0.3 is 105 Å². The summed E-state index contributed by atoms with van der Waals surface area (Å²) in [5, 5.41) is 144. The number of ether oxygens (including phenoxy) is 6. The van der Waals surface area contributed by atoms with E-state index < -0.39 is 155 Å². The van der Waals surface area contributed by atoms with Crippen LogP contribution in [0.5, 0.6) is 0 Å². The maximum atomic E-state index is 11.5. The first kappa shape index (κ1) is 41.1. The fourth-order valence-electron chi connectivity index (χ4n) is 5.33. The predicted molar refractivity (Wildman–Crippen MR) is 148 cm³/mol. The molecule has 0 radical (unpaired) electrons. The van der Waals surface area contributed by atoms with E-state index in [0.29, 0.717) is 0 Å². The number of aliphatic hydroxyl groups excluding tert-OH is 14. The Kier molecular flexibility index (Phi) is 15.6. The van der Waals surface area contributed by atoms with Crippen molar-refractivity contribution >= 4 is 5.91 Å². The quantitative estimate of drug-likeness (QED) is 0.0750. The lowest BCUT2D eigenvalue weighted by Crippen LogP contribution is -2.63. The molecule has 3 aliphatic heterocycles. The van der Waals surface area contributed by atoms with Gasteiger partial charge >= 0.3 is 0 Å². The van der Waals surface area contributed by atoms with E-state index in [2.05, 4.69) is 5.32 Å². The SMILES string of the molecule is CC(=O)N[C@@H](CO)[C@@H](O)[C@H](O[C@@H]1O[C@H](CO[C@H]2O[C@H](CO[C@H]3O[C@H](CO)[C@@H](O)[C@H](O)[C@@H]3O)[C@@H](O)[C@H](O)[C@@H]2O)[C@@H](O)[C@H](O)[C@@H]1O)[C@H](O)CO. The Hall–Kier alpha value is -1.33. The highest BCUT2D eigenvalue weighted by atomic mass is 16.7. The lowest BCUT2D eigenvalue weighted by Gasteiger charge is -2.44. The molecule has 1 amide bonds. The van der Waals surface area contributed by atoms with Crippen LogP contribution < -0.4 is 5.32 Å². The summed E-state index contributed by atoms with van der Waals surface area (Å²) in [6, 6.07) is -1.42. The number of aliphatic hydroxyl groups is 14. The summed E-state index contributed by atoms with van der Waals surface area (Å²) in [6.07, 6.45) is -32.2. The van der Waals surface area contributed by atoms with Gasteiger partial charge in [0.05, 0.1) is 39.1 Å². The smallest absolute Gasteiger partial charge is 0.217 e. The van der Waals surface area contributed by atoms with Gasteiger partial charge in [0.2, 0.25) is 5.91 Å². The molecule has 282 valence electrons. The van der Waals surface area contributed by atoms with E-state index >= 15 is 0 Å². The summed E-state index contributed by atoms with van der Waals surface area (Å²) < 4.78 is 32.4. The average Bonchev–Trinajstić information content (AvgIpc) is 3.06. The topological polar surface area (TPSA) is 368 Å². The zero-order valence-electron chi connectivity index (χ0n) is 25.6. The van der Waals surface area contributed by atoms with Crippen molar-refractivity contribution < 1.29 is 105 Å². The van der Waals surface area contributed by atoms with Crippen molar-refractivity contribution in [1.82, 2.24) is 5.32 Å². The van der Waals surface area contributed by atoms with Crippen molar-refractivity contribution in [3.8, 4) is 0 Å². The zero-order valence-corrected chi connectivity index (χ0v) is 25.6. The number of carbonyl (C=O) groups excluding carboxylic acids is 1. The molecule has 0 saturated carbocycles. The first-order chi connectivity index (χ1) is 22.6. The Morgan fingerprint density at radius 2 is 1.04 bits per heavy atom. The molecule has 0 aromatic rings. The van der Waals surface area contributed by atoms with Crippen LogP contribution in [0.4, 0.5) is 0 Å². The second-order valence-electron chi connectivity index (χ2n) is 11.7. The molecule has 22 nitrogen and oxygen atoms in total. The summed E-state index contributed by atoms with van der Waals surface area (Å²) in [7, 11) is 0. The Bertz CT molecular complexity index is 982. The first-order valence-electron chi connectivity index (χ1n) is 15.0. The highest BCUT2D eigenvalue weighted by Crippen LogP contribution is 2.29. The van der Waals surface area contributed by atoms with Gasteiger partial charge in [-0.05, 0) is 0 Å². The number of carbonyl (C=O) groups is 1. The number of hydrogen-bond donors (Lipinski definition) is 15. The number of amides is 1. The molecular weight excluding hydrogens is 662 g/mol. The van der Waals surface area contributed by atoms with Gasteiger partial charge in [0, 0.05) is 6.92 Å². The maximum absolute atomic E-state index is 11.5. The largest absolute Gasteiger partial charge is 0.394 e. The standard InChI is InChI=1S/C26H47NO21/c1-7(31)27-8(2-28)13(33)23(9(32)3-29)48-26-22(42)19(39)16(36)12(47-26)6-44-25-21(41)18(38)15(35)11(46-25)5-43-24-20(40)17(37)14(34)10(4-30)45-24/h8-26,28-30,32-42H,2-6H2,1H3,(H,27,31)/t8-,9+,10+,11+,12+,13+,14+,15+,16+,17-,18-,19-,20-,21-,22-,23+,24-,25-,26-/m0/s1. The monoisotopic (exact) mass is 709 g/mol. The summed E-state index contributed by atoms with van der Waals surface area (Å²) in [6.45, 7) is -2.95. The molecular formula is C26H47NO21. The third-order valence-electron chi connectivity index (χ3n) is 8.23.